The zero-order valence-corrected chi connectivity index (χ0v) is 27.8. The van der Waals surface area contributed by atoms with Crippen molar-refractivity contribution in [3.05, 3.63) is 35.9 Å². The fourth-order valence-corrected chi connectivity index (χ4v) is 4.71. The SMILES string of the molecule is CC(=O)N[C@@H](CCC(=O)O)C(=O)N[C@@H](CC(C)C)C(=O)N[C@@H](CC(=O)O)C(=O)N[C@@H](CC(C)C)C(=O)N[C@@H](Cc1ccccc1)C(=O)O. The molecule has 0 aliphatic rings. The molecule has 0 saturated carbocycles. The first kappa shape index (κ1) is 41.0. The van der Waals surface area contributed by atoms with Crippen molar-refractivity contribution in [2.45, 2.75) is 103 Å². The van der Waals surface area contributed by atoms with Gasteiger partial charge in [-0.15, -0.1) is 0 Å². The third-order valence-electron chi connectivity index (χ3n) is 6.93. The van der Waals surface area contributed by atoms with Gasteiger partial charge in [0.25, 0.3) is 0 Å². The van der Waals surface area contributed by atoms with Crippen LogP contribution in [0.2, 0.25) is 0 Å². The Morgan fingerprint density at radius 1 is 0.583 bits per heavy atom. The van der Waals surface area contributed by atoms with Crippen LogP contribution in [0, 0.1) is 11.8 Å². The summed E-state index contributed by atoms with van der Waals surface area (Å²) in [4.78, 5) is 99.4. The molecule has 5 amide bonds. The molecule has 0 aliphatic carbocycles. The Labute approximate surface area is 278 Å². The molecule has 0 fully saturated rings. The Hall–Kier alpha value is -5.02. The monoisotopic (exact) mass is 677 g/mol. The highest BCUT2D eigenvalue weighted by atomic mass is 16.4. The van der Waals surface area contributed by atoms with E-state index in [0.717, 1.165) is 6.92 Å². The van der Waals surface area contributed by atoms with Crippen LogP contribution in [0.5, 0.6) is 0 Å². The Bertz CT molecular complexity index is 1300. The van der Waals surface area contributed by atoms with Crippen molar-refractivity contribution >= 4 is 47.4 Å². The van der Waals surface area contributed by atoms with E-state index in [9.17, 15) is 48.6 Å². The van der Waals surface area contributed by atoms with Crippen molar-refractivity contribution in [2.75, 3.05) is 0 Å². The van der Waals surface area contributed by atoms with Crippen LogP contribution in [0.3, 0.4) is 0 Å². The van der Waals surface area contributed by atoms with E-state index in [0.29, 0.717) is 5.56 Å². The fraction of sp³-hybridized carbons (Fsp3) is 0.562. The minimum Gasteiger partial charge on any atom is -0.481 e. The van der Waals surface area contributed by atoms with E-state index >= 15 is 0 Å². The van der Waals surface area contributed by atoms with E-state index in [1.807, 2.05) is 0 Å². The van der Waals surface area contributed by atoms with Crippen molar-refractivity contribution in [3.8, 4) is 0 Å². The molecule has 16 heteroatoms. The maximum absolute atomic E-state index is 13.4. The summed E-state index contributed by atoms with van der Waals surface area (Å²) in [5.74, 6) is -8.60. The van der Waals surface area contributed by atoms with Gasteiger partial charge in [-0.3, -0.25) is 33.6 Å². The molecule has 0 unspecified atom stereocenters. The van der Waals surface area contributed by atoms with Crippen LogP contribution in [-0.2, 0) is 44.8 Å². The number of nitrogens with one attached hydrogen (secondary N) is 5. The van der Waals surface area contributed by atoms with Crippen LogP contribution in [0.1, 0.15) is 72.3 Å². The number of aliphatic carboxylic acids is 3. The number of amides is 5. The van der Waals surface area contributed by atoms with Gasteiger partial charge in [-0.1, -0.05) is 58.0 Å². The predicted octanol–water partition coefficient (Wildman–Crippen LogP) is 0.189. The Kier molecular flexibility index (Phi) is 17.3. The van der Waals surface area contributed by atoms with E-state index in [4.69, 9.17) is 5.11 Å². The molecule has 0 aromatic heterocycles. The standard InChI is InChI=1S/C32H47N5O11/c1-17(2)13-22(34-28(43)21(33-19(5)38)11-12-26(39)40)29(44)36-24(16-27(41)42)31(46)35-23(14-18(3)4)30(45)37-25(32(47)48)15-20-9-7-6-8-10-20/h6-10,17-18,21-25H,11-16H2,1-5H3,(H,33,38)(H,34,43)(H,35,46)(H,36,44)(H,37,45)(H,39,40)(H,41,42)(H,47,48)/t21-,22-,23-,24-,25-/m0/s1. The average Bonchev–Trinajstić information content (AvgIpc) is 2.97. The second kappa shape index (κ2) is 20.3. The minimum absolute atomic E-state index is 0.0288. The van der Waals surface area contributed by atoms with Crippen molar-refractivity contribution in [1.29, 1.82) is 0 Å². The molecule has 16 nitrogen and oxygen atoms in total. The highest BCUT2D eigenvalue weighted by Crippen LogP contribution is 2.11. The van der Waals surface area contributed by atoms with Crippen molar-refractivity contribution in [2.24, 2.45) is 11.8 Å². The Balaban J connectivity index is 3.20. The van der Waals surface area contributed by atoms with Gasteiger partial charge in [0.05, 0.1) is 6.42 Å². The molecule has 1 aromatic rings. The lowest BCUT2D eigenvalue weighted by Gasteiger charge is -2.27. The molecule has 8 N–H and O–H groups in total. The van der Waals surface area contributed by atoms with Crippen LogP contribution < -0.4 is 26.6 Å². The van der Waals surface area contributed by atoms with Crippen molar-refractivity contribution in [1.82, 2.24) is 26.6 Å². The van der Waals surface area contributed by atoms with Crippen LogP contribution >= 0.6 is 0 Å². The quantitative estimate of drug-likeness (QED) is 0.0871. The summed E-state index contributed by atoms with van der Waals surface area (Å²) in [7, 11) is 0. The summed E-state index contributed by atoms with van der Waals surface area (Å²) < 4.78 is 0. The second-order valence-electron chi connectivity index (χ2n) is 12.3. The van der Waals surface area contributed by atoms with E-state index in [2.05, 4.69) is 26.6 Å². The van der Waals surface area contributed by atoms with Gasteiger partial charge in [0.1, 0.15) is 30.2 Å². The molecule has 0 spiro atoms. The first-order valence-electron chi connectivity index (χ1n) is 15.6. The maximum atomic E-state index is 13.4. The van der Waals surface area contributed by atoms with E-state index < -0.39 is 90.5 Å². The summed E-state index contributed by atoms with van der Waals surface area (Å²) >= 11 is 0. The lowest BCUT2D eigenvalue weighted by molar-refractivity contribution is -0.143. The van der Waals surface area contributed by atoms with Gasteiger partial charge < -0.3 is 41.9 Å². The third-order valence-corrected chi connectivity index (χ3v) is 6.93. The molecular weight excluding hydrogens is 630 g/mol. The van der Waals surface area contributed by atoms with E-state index in [-0.39, 0.29) is 37.5 Å². The lowest BCUT2D eigenvalue weighted by Crippen LogP contribution is -2.59. The number of hydrogen-bond acceptors (Lipinski definition) is 8. The number of carbonyl (C=O) groups excluding carboxylic acids is 5. The molecule has 48 heavy (non-hydrogen) atoms. The molecule has 5 atom stereocenters. The van der Waals surface area contributed by atoms with Gasteiger partial charge in [-0.25, -0.2) is 4.79 Å². The molecule has 0 heterocycles. The summed E-state index contributed by atoms with van der Waals surface area (Å²) in [6.07, 6.45) is -1.57. The number of carboxylic acids is 3. The molecule has 0 bridgehead atoms. The molecule has 0 aliphatic heterocycles. The maximum Gasteiger partial charge on any atom is 0.326 e. The summed E-state index contributed by atoms with van der Waals surface area (Å²) in [5, 5.41) is 40.2. The second-order valence-corrected chi connectivity index (χ2v) is 12.3. The molecule has 266 valence electrons. The zero-order valence-electron chi connectivity index (χ0n) is 27.8. The highest BCUT2D eigenvalue weighted by molar-refractivity contribution is 5.97. The van der Waals surface area contributed by atoms with Gasteiger partial charge in [0.2, 0.25) is 29.5 Å². The van der Waals surface area contributed by atoms with Gasteiger partial charge >= 0.3 is 17.9 Å². The first-order chi connectivity index (χ1) is 22.4. The first-order valence-corrected chi connectivity index (χ1v) is 15.6. The minimum atomic E-state index is -1.71. The predicted molar refractivity (Wildman–Crippen MR) is 171 cm³/mol. The summed E-state index contributed by atoms with van der Waals surface area (Å²) in [5.41, 5.74) is 0.646. The molecule has 0 saturated heterocycles. The van der Waals surface area contributed by atoms with Crippen LogP contribution in [0.15, 0.2) is 30.3 Å². The molecular formula is C32H47N5O11. The van der Waals surface area contributed by atoms with Crippen molar-refractivity contribution < 1.29 is 53.7 Å². The van der Waals surface area contributed by atoms with Gasteiger partial charge in [0.15, 0.2) is 0 Å². The highest BCUT2D eigenvalue weighted by Gasteiger charge is 2.34. The number of carboxylic acid groups (broad SMARTS) is 3. The third kappa shape index (κ3) is 16.0. The van der Waals surface area contributed by atoms with Crippen LogP contribution in [0.4, 0.5) is 0 Å². The number of benzene rings is 1. The Morgan fingerprint density at radius 3 is 1.44 bits per heavy atom. The summed E-state index contributed by atoms with van der Waals surface area (Å²) in [6, 6.07) is 1.64. The number of rotatable bonds is 21. The van der Waals surface area contributed by atoms with Crippen molar-refractivity contribution in [3.63, 3.8) is 0 Å². The van der Waals surface area contributed by atoms with Gasteiger partial charge in [-0.2, -0.15) is 0 Å². The number of hydrogen-bond donors (Lipinski definition) is 8. The number of carbonyl (C=O) groups is 8. The average molecular weight is 678 g/mol. The zero-order chi connectivity index (χ0) is 36.6. The molecule has 1 rings (SSSR count). The largest absolute Gasteiger partial charge is 0.481 e. The van der Waals surface area contributed by atoms with E-state index in [1.54, 1.807) is 58.0 Å². The van der Waals surface area contributed by atoms with Crippen LogP contribution in [-0.4, -0.2) is 93.0 Å². The fourth-order valence-electron chi connectivity index (χ4n) is 4.71. The van der Waals surface area contributed by atoms with Gasteiger partial charge in [-0.05, 0) is 36.7 Å². The lowest BCUT2D eigenvalue weighted by atomic mass is 10.00. The van der Waals surface area contributed by atoms with Crippen LogP contribution in [0.25, 0.3) is 0 Å². The van der Waals surface area contributed by atoms with E-state index in [1.165, 1.54) is 0 Å². The smallest absolute Gasteiger partial charge is 0.326 e. The topological polar surface area (TPSA) is 257 Å². The Morgan fingerprint density at radius 2 is 1.02 bits per heavy atom. The molecule has 0 radical (unpaired) electrons. The normalized spacial score (nSPS) is 14.1. The summed E-state index contributed by atoms with van der Waals surface area (Å²) in [6.45, 7) is 8.12. The van der Waals surface area contributed by atoms with Gasteiger partial charge in [0, 0.05) is 19.8 Å². The molecule has 1 aromatic carbocycles.